The number of nitrogens with one attached hydrogen (secondary N) is 1. The summed E-state index contributed by atoms with van der Waals surface area (Å²) in [6.07, 6.45) is -0.898. The molecule has 2 saturated heterocycles. The molecule has 22 heavy (non-hydrogen) atoms. The Morgan fingerprint density at radius 1 is 1.36 bits per heavy atom. The van der Waals surface area contributed by atoms with Gasteiger partial charge in [0.2, 0.25) is 0 Å². The van der Waals surface area contributed by atoms with Crippen LogP contribution in [0.2, 0.25) is 0 Å². The van der Waals surface area contributed by atoms with Gasteiger partial charge >= 0.3 is 11.9 Å². The van der Waals surface area contributed by atoms with Gasteiger partial charge in [-0.25, -0.2) is 4.79 Å². The first-order valence-electron chi connectivity index (χ1n) is 7.06. The van der Waals surface area contributed by atoms with Gasteiger partial charge in [0.05, 0.1) is 13.2 Å². The van der Waals surface area contributed by atoms with Gasteiger partial charge in [0.15, 0.2) is 11.9 Å². The van der Waals surface area contributed by atoms with E-state index in [0.29, 0.717) is 0 Å². The van der Waals surface area contributed by atoms with Gasteiger partial charge in [-0.05, 0) is 5.56 Å². The molecule has 3 atom stereocenters. The van der Waals surface area contributed by atoms with E-state index in [1.165, 1.54) is 0 Å². The molecule has 0 aromatic heterocycles. The molecule has 0 amide bonds. The van der Waals surface area contributed by atoms with Crippen LogP contribution in [0.4, 0.5) is 0 Å². The minimum atomic E-state index is -1.28. The van der Waals surface area contributed by atoms with Gasteiger partial charge in [-0.1, -0.05) is 30.3 Å². The molecule has 0 saturated carbocycles. The SMILES string of the molecule is O=C(OCc1ccccc1)C1COC2(CNCC2C(=O)O)O1. The topological polar surface area (TPSA) is 94.1 Å². The lowest BCUT2D eigenvalue weighted by molar-refractivity contribution is -0.200. The lowest BCUT2D eigenvalue weighted by Gasteiger charge is -2.25. The normalized spacial score (nSPS) is 30.5. The number of carboxylic acids is 1. The van der Waals surface area contributed by atoms with Crippen molar-refractivity contribution < 1.29 is 28.9 Å². The fraction of sp³-hybridized carbons (Fsp3) is 0.467. The Bertz CT molecular complexity index is 562. The number of hydrogen-bond acceptors (Lipinski definition) is 6. The summed E-state index contributed by atoms with van der Waals surface area (Å²) in [6.45, 7) is 0.639. The Hall–Kier alpha value is -1.96. The Kier molecular flexibility index (Phi) is 4.10. The molecular weight excluding hydrogens is 290 g/mol. The maximum Gasteiger partial charge on any atom is 0.338 e. The minimum Gasteiger partial charge on any atom is -0.481 e. The quantitative estimate of drug-likeness (QED) is 0.764. The fourth-order valence-electron chi connectivity index (χ4n) is 2.68. The molecule has 0 radical (unpaired) electrons. The van der Waals surface area contributed by atoms with Crippen molar-refractivity contribution in [1.82, 2.24) is 5.32 Å². The Morgan fingerprint density at radius 2 is 2.14 bits per heavy atom. The van der Waals surface area contributed by atoms with Crippen molar-refractivity contribution in [1.29, 1.82) is 0 Å². The van der Waals surface area contributed by atoms with Crippen LogP contribution in [0, 0.1) is 5.92 Å². The Labute approximate surface area is 127 Å². The van der Waals surface area contributed by atoms with Crippen LogP contribution >= 0.6 is 0 Å². The van der Waals surface area contributed by atoms with E-state index in [2.05, 4.69) is 5.32 Å². The van der Waals surface area contributed by atoms with E-state index < -0.39 is 29.7 Å². The summed E-state index contributed by atoms with van der Waals surface area (Å²) in [6, 6.07) is 9.29. The summed E-state index contributed by atoms with van der Waals surface area (Å²) < 4.78 is 16.3. The lowest BCUT2D eigenvalue weighted by atomic mass is 10.0. The van der Waals surface area contributed by atoms with Crippen LogP contribution < -0.4 is 5.32 Å². The number of benzene rings is 1. The van der Waals surface area contributed by atoms with E-state index in [0.717, 1.165) is 5.56 Å². The zero-order valence-corrected chi connectivity index (χ0v) is 11.9. The van der Waals surface area contributed by atoms with E-state index in [-0.39, 0.29) is 26.3 Å². The molecule has 118 valence electrons. The van der Waals surface area contributed by atoms with Gasteiger partial charge in [0.1, 0.15) is 12.5 Å². The zero-order valence-electron chi connectivity index (χ0n) is 11.9. The molecule has 7 nitrogen and oxygen atoms in total. The highest BCUT2D eigenvalue weighted by Gasteiger charge is 2.56. The van der Waals surface area contributed by atoms with Crippen molar-refractivity contribution in [3.05, 3.63) is 35.9 Å². The number of ether oxygens (including phenoxy) is 3. The van der Waals surface area contributed by atoms with Gasteiger partial charge < -0.3 is 24.6 Å². The zero-order chi connectivity index (χ0) is 15.6. The smallest absolute Gasteiger partial charge is 0.338 e. The molecule has 7 heteroatoms. The molecule has 2 heterocycles. The van der Waals surface area contributed by atoms with E-state index >= 15 is 0 Å². The summed E-state index contributed by atoms with van der Waals surface area (Å²) in [5.74, 6) is -3.66. The van der Waals surface area contributed by atoms with Gasteiger partial charge in [-0.3, -0.25) is 4.79 Å². The van der Waals surface area contributed by atoms with Crippen molar-refractivity contribution in [3.8, 4) is 0 Å². The highest BCUT2D eigenvalue weighted by Crippen LogP contribution is 2.34. The van der Waals surface area contributed by atoms with Gasteiger partial charge in [-0.15, -0.1) is 0 Å². The van der Waals surface area contributed by atoms with Crippen LogP contribution in [-0.2, 0) is 30.4 Å². The molecular formula is C15H17NO6. The standard InChI is InChI=1S/C15H17NO6/c17-13(18)11-6-16-9-15(11)21-8-12(22-15)14(19)20-7-10-4-2-1-3-5-10/h1-5,11-12,16H,6-9H2,(H,17,18). The maximum atomic E-state index is 12.0. The number of carbonyl (C=O) groups is 2. The first-order chi connectivity index (χ1) is 10.6. The second-order valence-corrected chi connectivity index (χ2v) is 5.34. The molecule has 1 aromatic carbocycles. The predicted octanol–water partition coefficient (Wildman–Crippen LogP) is 0.145. The molecule has 0 aliphatic carbocycles. The predicted molar refractivity (Wildman–Crippen MR) is 73.8 cm³/mol. The van der Waals surface area contributed by atoms with Crippen molar-refractivity contribution in [2.45, 2.75) is 18.5 Å². The molecule has 1 spiro atoms. The van der Waals surface area contributed by atoms with Crippen LogP contribution in [0.15, 0.2) is 30.3 Å². The summed E-state index contributed by atoms with van der Waals surface area (Å²) in [5, 5.41) is 12.1. The fourth-order valence-corrected chi connectivity index (χ4v) is 2.68. The molecule has 2 aliphatic heterocycles. The summed E-state index contributed by atoms with van der Waals surface area (Å²) >= 11 is 0. The number of carbonyl (C=O) groups excluding carboxylic acids is 1. The van der Waals surface area contributed by atoms with E-state index in [1.807, 2.05) is 30.3 Å². The van der Waals surface area contributed by atoms with Crippen LogP contribution in [0.25, 0.3) is 0 Å². The maximum absolute atomic E-state index is 12.0. The lowest BCUT2D eigenvalue weighted by Crippen LogP contribution is -2.44. The largest absolute Gasteiger partial charge is 0.481 e. The number of hydrogen-bond donors (Lipinski definition) is 2. The average Bonchev–Trinajstić information content (AvgIpc) is 3.14. The highest BCUT2D eigenvalue weighted by molar-refractivity contribution is 5.76. The highest BCUT2D eigenvalue weighted by atomic mass is 16.8. The van der Waals surface area contributed by atoms with Crippen molar-refractivity contribution >= 4 is 11.9 Å². The number of aliphatic carboxylic acids is 1. The van der Waals surface area contributed by atoms with E-state index in [9.17, 15) is 14.7 Å². The molecule has 1 aromatic rings. The average molecular weight is 307 g/mol. The van der Waals surface area contributed by atoms with Crippen molar-refractivity contribution in [2.75, 3.05) is 19.7 Å². The van der Waals surface area contributed by atoms with E-state index in [1.54, 1.807) is 0 Å². The molecule has 3 unspecified atom stereocenters. The second-order valence-electron chi connectivity index (χ2n) is 5.34. The molecule has 0 bridgehead atoms. The summed E-state index contributed by atoms with van der Waals surface area (Å²) in [4.78, 5) is 23.3. The van der Waals surface area contributed by atoms with Crippen molar-refractivity contribution in [2.24, 2.45) is 5.92 Å². The molecule has 3 rings (SSSR count). The van der Waals surface area contributed by atoms with Crippen LogP contribution in [0.5, 0.6) is 0 Å². The Balaban J connectivity index is 1.58. The van der Waals surface area contributed by atoms with Crippen LogP contribution in [-0.4, -0.2) is 48.6 Å². The summed E-state index contributed by atoms with van der Waals surface area (Å²) in [7, 11) is 0. The first-order valence-corrected chi connectivity index (χ1v) is 7.06. The number of rotatable bonds is 4. The molecule has 2 N–H and O–H groups in total. The third-order valence-corrected chi connectivity index (χ3v) is 3.86. The second kappa shape index (κ2) is 6.04. The molecule has 2 fully saturated rings. The third kappa shape index (κ3) is 2.83. The molecule has 2 aliphatic rings. The monoisotopic (exact) mass is 307 g/mol. The first kappa shape index (κ1) is 15.0. The van der Waals surface area contributed by atoms with Crippen molar-refractivity contribution in [3.63, 3.8) is 0 Å². The number of carboxylic acid groups (broad SMARTS) is 1. The van der Waals surface area contributed by atoms with Crippen LogP contribution in [0.1, 0.15) is 5.56 Å². The van der Waals surface area contributed by atoms with E-state index in [4.69, 9.17) is 14.2 Å². The van der Waals surface area contributed by atoms with Crippen LogP contribution in [0.3, 0.4) is 0 Å². The summed E-state index contributed by atoms with van der Waals surface area (Å²) in [5.41, 5.74) is 0.871. The van der Waals surface area contributed by atoms with Gasteiger partial charge in [-0.2, -0.15) is 0 Å². The minimum absolute atomic E-state index is 0.000910. The third-order valence-electron chi connectivity index (χ3n) is 3.86. The van der Waals surface area contributed by atoms with Gasteiger partial charge in [0, 0.05) is 6.54 Å². The van der Waals surface area contributed by atoms with Gasteiger partial charge in [0.25, 0.3) is 0 Å². The number of esters is 1. The Morgan fingerprint density at radius 3 is 2.86 bits per heavy atom.